The lowest BCUT2D eigenvalue weighted by atomic mass is 10.1. The van der Waals surface area contributed by atoms with Crippen LogP contribution < -0.4 is 5.32 Å². The van der Waals surface area contributed by atoms with Gasteiger partial charge in [-0.05, 0) is 37.1 Å². The normalized spacial score (nSPS) is 15.2. The summed E-state index contributed by atoms with van der Waals surface area (Å²) in [6.07, 6.45) is 0.718. The fourth-order valence-electron chi connectivity index (χ4n) is 3.39. The van der Waals surface area contributed by atoms with Gasteiger partial charge in [0.2, 0.25) is 11.8 Å². The summed E-state index contributed by atoms with van der Waals surface area (Å²) in [7, 11) is -4.16. The van der Waals surface area contributed by atoms with E-state index in [-0.39, 0.29) is 22.9 Å². The maximum Gasteiger partial charge on any atom is 0.269 e. The lowest BCUT2D eigenvalue weighted by Crippen LogP contribution is -2.51. The minimum Gasteiger partial charge on any atom is -0.354 e. The van der Waals surface area contributed by atoms with Crippen LogP contribution in [0, 0.1) is 0 Å². The molecular weight excluding hydrogens is 454 g/mol. The third kappa shape index (κ3) is 4.63. The molecule has 0 saturated heterocycles. The quantitative estimate of drug-likeness (QED) is 0.628. The van der Waals surface area contributed by atoms with Crippen molar-refractivity contribution >= 4 is 39.3 Å². The molecule has 0 spiro atoms. The number of carbonyl (C=O) groups is 3. The number of rotatable bonds is 8. The fourth-order valence-corrected chi connectivity index (χ4v) is 5.10. The van der Waals surface area contributed by atoms with Gasteiger partial charge in [-0.15, -0.1) is 0 Å². The number of hydrogen-bond donors (Lipinski definition) is 1. The number of amides is 3. The summed E-state index contributed by atoms with van der Waals surface area (Å²) >= 11 is 6.24. The summed E-state index contributed by atoms with van der Waals surface area (Å²) in [4.78, 5) is 39.7. The van der Waals surface area contributed by atoms with Gasteiger partial charge in [-0.3, -0.25) is 14.4 Å². The van der Waals surface area contributed by atoms with Crippen LogP contribution in [-0.2, 0) is 26.2 Å². The van der Waals surface area contributed by atoms with Crippen molar-refractivity contribution in [1.29, 1.82) is 0 Å². The Morgan fingerprint density at radius 1 is 1.12 bits per heavy atom. The van der Waals surface area contributed by atoms with Crippen LogP contribution in [0.4, 0.5) is 0 Å². The van der Waals surface area contributed by atoms with Gasteiger partial charge in [-0.1, -0.05) is 48.9 Å². The van der Waals surface area contributed by atoms with E-state index in [1.807, 2.05) is 6.92 Å². The molecule has 0 bridgehead atoms. The first-order chi connectivity index (χ1) is 15.2. The molecule has 0 aromatic heterocycles. The van der Waals surface area contributed by atoms with Crippen LogP contribution in [0.5, 0.6) is 0 Å². The summed E-state index contributed by atoms with van der Waals surface area (Å²) in [5, 5.41) is 3.14. The van der Waals surface area contributed by atoms with Gasteiger partial charge in [-0.2, -0.15) is 0 Å². The van der Waals surface area contributed by atoms with E-state index >= 15 is 0 Å². The highest BCUT2D eigenvalue weighted by atomic mass is 35.5. The molecule has 0 radical (unpaired) electrons. The third-order valence-corrected chi connectivity index (χ3v) is 7.36. The van der Waals surface area contributed by atoms with Gasteiger partial charge in [0.15, 0.2) is 0 Å². The lowest BCUT2D eigenvalue weighted by Gasteiger charge is -2.30. The minimum atomic E-state index is -4.16. The first-order valence-corrected chi connectivity index (χ1v) is 12.0. The van der Waals surface area contributed by atoms with Crippen molar-refractivity contribution in [2.45, 2.75) is 37.8 Å². The molecule has 8 nitrogen and oxygen atoms in total. The number of benzene rings is 2. The molecule has 0 unspecified atom stereocenters. The summed E-state index contributed by atoms with van der Waals surface area (Å²) < 4.78 is 26.2. The van der Waals surface area contributed by atoms with Crippen molar-refractivity contribution in [2.24, 2.45) is 0 Å². The number of fused-ring (bicyclic) bond motifs is 1. The second-order valence-electron chi connectivity index (χ2n) is 7.39. The molecule has 0 fully saturated rings. The molecule has 1 N–H and O–H groups in total. The summed E-state index contributed by atoms with van der Waals surface area (Å²) in [6, 6.07) is 11.8. The standard InChI is InChI=1S/C22H24ClN3O5S/c1-3-12-24-21(28)15(2)25(13-16-8-4-6-10-18(16)23)20(27)14-26-22(29)17-9-5-7-11-19(17)32(26,30)31/h4-11,15H,3,12-14H2,1-2H3,(H,24,28)/t15-/m0/s1. The monoisotopic (exact) mass is 477 g/mol. The second-order valence-corrected chi connectivity index (χ2v) is 9.63. The molecule has 10 heteroatoms. The number of hydrogen-bond acceptors (Lipinski definition) is 5. The predicted molar refractivity (Wildman–Crippen MR) is 119 cm³/mol. The van der Waals surface area contributed by atoms with Crippen LogP contribution in [0.2, 0.25) is 5.02 Å². The van der Waals surface area contributed by atoms with E-state index in [4.69, 9.17) is 11.6 Å². The Labute approximate surface area is 192 Å². The SMILES string of the molecule is CCCNC(=O)[C@H](C)N(Cc1ccccc1Cl)C(=O)CN1C(=O)c2ccccc2S1(=O)=O. The molecule has 170 valence electrons. The van der Waals surface area contributed by atoms with Gasteiger partial charge >= 0.3 is 0 Å². The zero-order valence-electron chi connectivity index (χ0n) is 17.7. The Morgan fingerprint density at radius 2 is 1.78 bits per heavy atom. The van der Waals surface area contributed by atoms with Gasteiger partial charge in [-0.25, -0.2) is 12.7 Å². The molecule has 32 heavy (non-hydrogen) atoms. The van der Waals surface area contributed by atoms with Crippen LogP contribution >= 0.6 is 11.6 Å². The average Bonchev–Trinajstić information content (AvgIpc) is 2.97. The molecule has 1 atom stereocenters. The number of nitrogens with zero attached hydrogens (tertiary/aromatic N) is 2. The largest absolute Gasteiger partial charge is 0.354 e. The highest BCUT2D eigenvalue weighted by molar-refractivity contribution is 7.90. The van der Waals surface area contributed by atoms with Crippen molar-refractivity contribution in [1.82, 2.24) is 14.5 Å². The maximum atomic E-state index is 13.3. The number of halogens is 1. The number of carbonyl (C=O) groups excluding carboxylic acids is 3. The van der Waals surface area contributed by atoms with Crippen LogP contribution in [0.1, 0.15) is 36.2 Å². The Hall–Kier alpha value is -2.91. The molecule has 2 aromatic rings. The zero-order chi connectivity index (χ0) is 23.5. The minimum absolute atomic E-state index is 0.0196. The van der Waals surface area contributed by atoms with Gasteiger partial charge in [0.1, 0.15) is 17.5 Å². The third-order valence-electron chi connectivity index (χ3n) is 5.21. The molecule has 3 amide bonds. The molecule has 0 saturated carbocycles. The van der Waals surface area contributed by atoms with Crippen molar-refractivity contribution in [3.63, 3.8) is 0 Å². The Bertz CT molecular complexity index is 1150. The summed E-state index contributed by atoms with van der Waals surface area (Å²) in [6.45, 7) is 3.15. The number of sulfonamides is 1. The molecule has 1 heterocycles. The van der Waals surface area contributed by atoms with Crippen molar-refractivity contribution in [3.05, 3.63) is 64.7 Å². The fraction of sp³-hybridized carbons (Fsp3) is 0.318. The van der Waals surface area contributed by atoms with Gasteiger partial charge in [0.05, 0.1) is 5.56 Å². The molecule has 3 rings (SSSR count). The van der Waals surface area contributed by atoms with Gasteiger partial charge in [0.25, 0.3) is 15.9 Å². The van der Waals surface area contributed by atoms with E-state index in [0.29, 0.717) is 21.4 Å². The lowest BCUT2D eigenvalue weighted by molar-refractivity contribution is -0.140. The average molecular weight is 478 g/mol. The molecular formula is C22H24ClN3O5S. The van der Waals surface area contributed by atoms with E-state index in [0.717, 1.165) is 6.42 Å². The summed E-state index contributed by atoms with van der Waals surface area (Å²) in [5.41, 5.74) is 0.614. The van der Waals surface area contributed by atoms with Crippen molar-refractivity contribution in [2.75, 3.05) is 13.1 Å². The predicted octanol–water partition coefficient (Wildman–Crippen LogP) is 2.43. The van der Waals surface area contributed by atoms with Gasteiger partial charge < -0.3 is 10.2 Å². The van der Waals surface area contributed by atoms with Crippen LogP contribution in [-0.4, -0.2) is 54.5 Å². The van der Waals surface area contributed by atoms with E-state index < -0.39 is 34.4 Å². The zero-order valence-corrected chi connectivity index (χ0v) is 19.3. The van der Waals surface area contributed by atoms with E-state index in [9.17, 15) is 22.8 Å². The Balaban J connectivity index is 1.89. The molecule has 0 aliphatic carbocycles. The highest BCUT2D eigenvalue weighted by Crippen LogP contribution is 2.30. The highest BCUT2D eigenvalue weighted by Gasteiger charge is 2.43. The topological polar surface area (TPSA) is 104 Å². The van der Waals surface area contributed by atoms with Crippen LogP contribution in [0.15, 0.2) is 53.4 Å². The van der Waals surface area contributed by atoms with Crippen molar-refractivity contribution in [3.8, 4) is 0 Å². The van der Waals surface area contributed by atoms with Crippen molar-refractivity contribution < 1.29 is 22.8 Å². The van der Waals surface area contributed by atoms with Crippen LogP contribution in [0.25, 0.3) is 0 Å². The van der Waals surface area contributed by atoms with Gasteiger partial charge in [0, 0.05) is 18.1 Å². The second kappa shape index (κ2) is 9.70. The van der Waals surface area contributed by atoms with E-state index in [2.05, 4.69) is 5.32 Å². The number of nitrogens with one attached hydrogen (secondary N) is 1. The first kappa shape index (κ1) is 23.7. The van der Waals surface area contributed by atoms with E-state index in [1.54, 1.807) is 37.3 Å². The summed E-state index contributed by atoms with van der Waals surface area (Å²) in [5.74, 6) is -1.84. The Morgan fingerprint density at radius 3 is 2.44 bits per heavy atom. The van der Waals surface area contributed by atoms with E-state index in [1.165, 1.54) is 23.1 Å². The molecule has 1 aliphatic heterocycles. The Kier molecular flexibility index (Phi) is 7.20. The van der Waals surface area contributed by atoms with Crippen LogP contribution in [0.3, 0.4) is 0 Å². The smallest absolute Gasteiger partial charge is 0.269 e. The first-order valence-electron chi connectivity index (χ1n) is 10.1. The maximum absolute atomic E-state index is 13.3. The molecule has 1 aliphatic rings. The molecule has 2 aromatic carbocycles.